The van der Waals surface area contributed by atoms with Crippen molar-refractivity contribution >= 4 is 11.6 Å². The first-order chi connectivity index (χ1) is 9.15. The summed E-state index contributed by atoms with van der Waals surface area (Å²) < 4.78 is 12.8. The Morgan fingerprint density at radius 3 is 2.53 bits per heavy atom. The fraction of sp³-hybridized carbons (Fsp3) is 0.533. The summed E-state index contributed by atoms with van der Waals surface area (Å²) in [5, 5.41) is 2.79. The van der Waals surface area contributed by atoms with Gasteiger partial charge in [0.1, 0.15) is 5.82 Å². The number of likely N-dealkylation sites (N-methyl/N-ethyl adjacent to an activating group) is 1. The fourth-order valence-corrected chi connectivity index (χ4v) is 2.61. The van der Waals surface area contributed by atoms with Gasteiger partial charge in [-0.2, -0.15) is 0 Å². The quantitative estimate of drug-likeness (QED) is 0.906. The van der Waals surface area contributed by atoms with Crippen molar-refractivity contribution in [1.82, 2.24) is 4.90 Å². The lowest BCUT2D eigenvalue weighted by atomic mass is 9.94. The molecule has 0 spiro atoms. The molecule has 0 radical (unpaired) electrons. The minimum atomic E-state index is -0.294. The van der Waals surface area contributed by atoms with Crippen LogP contribution < -0.4 is 5.32 Å². The number of rotatable bonds is 4. The summed E-state index contributed by atoms with van der Waals surface area (Å²) >= 11 is 0. The van der Waals surface area contributed by atoms with Crippen LogP contribution in [0.2, 0.25) is 0 Å². The normalized spacial score (nSPS) is 16.6. The van der Waals surface area contributed by atoms with Gasteiger partial charge in [0, 0.05) is 11.7 Å². The Kier molecular flexibility index (Phi) is 4.91. The third-order valence-electron chi connectivity index (χ3n) is 3.72. The molecule has 19 heavy (non-hydrogen) atoms. The van der Waals surface area contributed by atoms with Crippen LogP contribution in [0.4, 0.5) is 10.1 Å². The van der Waals surface area contributed by atoms with E-state index in [2.05, 4.69) is 10.2 Å². The van der Waals surface area contributed by atoms with Gasteiger partial charge in [0.15, 0.2) is 0 Å². The largest absolute Gasteiger partial charge is 0.325 e. The Morgan fingerprint density at radius 1 is 1.26 bits per heavy atom. The second-order valence-corrected chi connectivity index (χ2v) is 5.26. The predicted molar refractivity (Wildman–Crippen MR) is 74.5 cm³/mol. The van der Waals surface area contributed by atoms with Crippen LogP contribution >= 0.6 is 0 Å². The van der Waals surface area contributed by atoms with Crippen LogP contribution in [-0.4, -0.2) is 30.4 Å². The number of anilines is 1. The van der Waals surface area contributed by atoms with E-state index in [1.54, 1.807) is 12.1 Å². The summed E-state index contributed by atoms with van der Waals surface area (Å²) in [6.07, 6.45) is 6.19. The van der Waals surface area contributed by atoms with Crippen LogP contribution in [0.3, 0.4) is 0 Å². The molecule has 0 atom stereocenters. The molecule has 0 saturated heterocycles. The molecular weight excluding hydrogens is 243 g/mol. The molecule has 1 aliphatic carbocycles. The van der Waals surface area contributed by atoms with Crippen LogP contribution in [0.5, 0.6) is 0 Å². The summed E-state index contributed by atoms with van der Waals surface area (Å²) in [5.41, 5.74) is 0.642. The van der Waals surface area contributed by atoms with E-state index in [9.17, 15) is 9.18 Å². The average Bonchev–Trinajstić information content (AvgIpc) is 2.42. The number of carbonyl (C=O) groups excluding carboxylic acids is 1. The van der Waals surface area contributed by atoms with Gasteiger partial charge in [-0.3, -0.25) is 9.69 Å². The highest BCUT2D eigenvalue weighted by molar-refractivity contribution is 5.92. The maximum Gasteiger partial charge on any atom is 0.238 e. The van der Waals surface area contributed by atoms with Gasteiger partial charge < -0.3 is 5.32 Å². The monoisotopic (exact) mass is 264 g/mol. The van der Waals surface area contributed by atoms with E-state index in [4.69, 9.17) is 0 Å². The Bertz CT molecular complexity index is 413. The number of hydrogen-bond acceptors (Lipinski definition) is 2. The third kappa shape index (κ3) is 4.31. The lowest BCUT2D eigenvalue weighted by Gasteiger charge is -2.30. The molecule has 1 aromatic carbocycles. The molecule has 1 fully saturated rings. The molecule has 4 heteroatoms. The molecule has 1 N–H and O–H groups in total. The van der Waals surface area contributed by atoms with Gasteiger partial charge in [-0.25, -0.2) is 4.39 Å². The van der Waals surface area contributed by atoms with Crippen molar-refractivity contribution in [2.75, 3.05) is 18.9 Å². The van der Waals surface area contributed by atoms with Crippen molar-refractivity contribution in [2.24, 2.45) is 0 Å². The van der Waals surface area contributed by atoms with Gasteiger partial charge in [-0.05, 0) is 44.2 Å². The van der Waals surface area contributed by atoms with Crippen molar-refractivity contribution in [3.05, 3.63) is 30.1 Å². The molecule has 0 bridgehead atoms. The fourth-order valence-electron chi connectivity index (χ4n) is 2.61. The van der Waals surface area contributed by atoms with E-state index in [0.717, 1.165) is 0 Å². The molecular formula is C15H21FN2O. The third-order valence-corrected chi connectivity index (χ3v) is 3.72. The number of nitrogens with zero attached hydrogens (tertiary/aromatic N) is 1. The van der Waals surface area contributed by atoms with E-state index in [0.29, 0.717) is 18.3 Å². The lowest BCUT2D eigenvalue weighted by Crippen LogP contribution is -2.39. The van der Waals surface area contributed by atoms with Gasteiger partial charge >= 0.3 is 0 Å². The number of benzene rings is 1. The average molecular weight is 264 g/mol. The molecule has 1 saturated carbocycles. The first-order valence-electron chi connectivity index (χ1n) is 6.91. The topological polar surface area (TPSA) is 32.3 Å². The molecule has 0 aliphatic heterocycles. The van der Waals surface area contributed by atoms with Gasteiger partial charge in [0.25, 0.3) is 0 Å². The highest BCUT2D eigenvalue weighted by atomic mass is 19.1. The Labute approximate surface area is 113 Å². The van der Waals surface area contributed by atoms with Crippen molar-refractivity contribution in [2.45, 2.75) is 38.1 Å². The standard InChI is InChI=1S/C15H21FN2O/c1-18(14-5-3-2-4-6-14)11-15(19)17-13-9-7-12(16)8-10-13/h7-10,14H,2-6,11H2,1H3,(H,17,19). The molecule has 0 heterocycles. The minimum Gasteiger partial charge on any atom is -0.325 e. The molecule has 104 valence electrons. The zero-order valence-electron chi connectivity index (χ0n) is 11.4. The highest BCUT2D eigenvalue weighted by Crippen LogP contribution is 2.21. The second kappa shape index (κ2) is 6.66. The Morgan fingerprint density at radius 2 is 1.89 bits per heavy atom. The van der Waals surface area contributed by atoms with Gasteiger partial charge in [0.05, 0.1) is 6.54 Å². The summed E-state index contributed by atoms with van der Waals surface area (Å²) in [6.45, 7) is 0.391. The van der Waals surface area contributed by atoms with Crippen molar-refractivity contribution in [3.63, 3.8) is 0 Å². The predicted octanol–water partition coefficient (Wildman–Crippen LogP) is 3.03. The van der Waals surface area contributed by atoms with Gasteiger partial charge in [-0.1, -0.05) is 19.3 Å². The first kappa shape index (κ1) is 14.0. The lowest BCUT2D eigenvalue weighted by molar-refractivity contribution is -0.117. The maximum atomic E-state index is 12.8. The zero-order valence-corrected chi connectivity index (χ0v) is 11.4. The molecule has 0 aromatic heterocycles. The van der Waals surface area contributed by atoms with Crippen LogP contribution in [-0.2, 0) is 4.79 Å². The summed E-state index contributed by atoms with van der Waals surface area (Å²) in [5.74, 6) is -0.336. The molecule has 3 nitrogen and oxygen atoms in total. The van der Waals surface area contributed by atoms with E-state index in [-0.39, 0.29) is 11.7 Å². The molecule has 2 rings (SSSR count). The van der Waals surface area contributed by atoms with E-state index >= 15 is 0 Å². The van der Waals surface area contributed by atoms with E-state index < -0.39 is 0 Å². The summed E-state index contributed by atoms with van der Waals surface area (Å²) in [4.78, 5) is 14.0. The first-order valence-corrected chi connectivity index (χ1v) is 6.91. The van der Waals surface area contributed by atoms with Crippen LogP contribution in [0.25, 0.3) is 0 Å². The van der Waals surface area contributed by atoms with E-state index in [1.165, 1.54) is 44.2 Å². The smallest absolute Gasteiger partial charge is 0.238 e. The number of halogens is 1. The Balaban J connectivity index is 1.81. The minimum absolute atomic E-state index is 0.0420. The van der Waals surface area contributed by atoms with Crippen molar-refractivity contribution < 1.29 is 9.18 Å². The second-order valence-electron chi connectivity index (χ2n) is 5.26. The number of nitrogens with one attached hydrogen (secondary N) is 1. The van der Waals surface area contributed by atoms with Gasteiger partial charge in [0.2, 0.25) is 5.91 Å². The number of amides is 1. The summed E-state index contributed by atoms with van der Waals surface area (Å²) in [6, 6.07) is 6.37. The SMILES string of the molecule is CN(CC(=O)Nc1ccc(F)cc1)C1CCCCC1. The van der Waals surface area contributed by atoms with Crippen LogP contribution in [0, 0.1) is 5.82 Å². The van der Waals surface area contributed by atoms with Gasteiger partial charge in [-0.15, -0.1) is 0 Å². The van der Waals surface area contributed by atoms with Crippen LogP contribution in [0.1, 0.15) is 32.1 Å². The number of carbonyl (C=O) groups is 1. The maximum absolute atomic E-state index is 12.8. The van der Waals surface area contributed by atoms with Crippen molar-refractivity contribution in [3.8, 4) is 0 Å². The Hall–Kier alpha value is -1.42. The van der Waals surface area contributed by atoms with Crippen molar-refractivity contribution in [1.29, 1.82) is 0 Å². The molecule has 1 amide bonds. The molecule has 1 aromatic rings. The molecule has 0 unspecified atom stereocenters. The highest BCUT2D eigenvalue weighted by Gasteiger charge is 2.19. The molecule has 1 aliphatic rings. The van der Waals surface area contributed by atoms with E-state index in [1.807, 2.05) is 7.05 Å². The van der Waals surface area contributed by atoms with Crippen LogP contribution in [0.15, 0.2) is 24.3 Å². The summed E-state index contributed by atoms with van der Waals surface area (Å²) in [7, 11) is 2.00. The number of hydrogen-bond donors (Lipinski definition) is 1. The zero-order chi connectivity index (χ0) is 13.7.